The maximum absolute atomic E-state index is 14.8. The van der Waals surface area contributed by atoms with Gasteiger partial charge in [-0.15, -0.1) is 0 Å². The Labute approximate surface area is 504 Å². The number of carbonyl (C=O) groups excluding carboxylic acids is 12. The predicted molar refractivity (Wildman–Crippen MR) is 307 cm³/mol. The van der Waals surface area contributed by atoms with Crippen molar-refractivity contribution in [3.8, 4) is 0 Å². The average Bonchev–Trinajstić information content (AvgIpc) is 3.48. The molecular weight excluding hydrogens is 1140 g/mol. The molecule has 486 valence electrons. The van der Waals surface area contributed by atoms with Crippen LogP contribution in [-0.4, -0.2) is 213 Å². The number of hydrogen-bond acceptors (Lipinski definition) is 16. The lowest BCUT2D eigenvalue weighted by atomic mass is 9.99. The number of allylic oxidation sites excluding steroid dienone is 1. The highest BCUT2D eigenvalue weighted by atomic mass is 16.4. The molecule has 3 fully saturated rings. The molecule has 0 bridgehead atoms. The Kier molecular flexibility index (Phi) is 31.3. The second-order valence-corrected chi connectivity index (χ2v) is 22.7. The van der Waals surface area contributed by atoms with Crippen LogP contribution < -0.4 is 53.2 Å². The molecule has 14 N–H and O–H groups in total. The summed E-state index contributed by atoms with van der Waals surface area (Å²) in [5, 5.41) is 62.2. The van der Waals surface area contributed by atoms with E-state index in [4.69, 9.17) is 0 Å². The Morgan fingerprint density at radius 2 is 1.06 bits per heavy atom. The van der Waals surface area contributed by atoms with Gasteiger partial charge in [0.25, 0.3) is 0 Å². The topological polar surface area (TPSA) is 464 Å². The summed E-state index contributed by atoms with van der Waals surface area (Å²) in [5.74, 6) is -17.3. The number of nitrogens with zero attached hydrogens (tertiary/aromatic N) is 2. The number of carboxylic acid groups (broad SMARTS) is 3. The molecule has 0 radical (unpaired) electrons. The van der Waals surface area contributed by atoms with Crippen LogP contribution in [0, 0.1) is 11.8 Å². The molecule has 3 aliphatic heterocycles. The van der Waals surface area contributed by atoms with Crippen molar-refractivity contribution in [2.75, 3.05) is 39.3 Å². The number of amides is 12. The van der Waals surface area contributed by atoms with E-state index in [1.807, 2.05) is 0 Å². The van der Waals surface area contributed by atoms with Gasteiger partial charge in [-0.1, -0.05) is 78.7 Å². The standard InChI is InChI=1S/C56H88N12O19/c1-31(2)18-13-11-9-7-6-8-10-12-14-21-40(70)61-36(26-46(78)79)51(82)64-37-27-57-52(83)39-20-17-23-68(39)56(87)47(32(3)4)66-54(85)48(33(5)69)65-43(73)30-59-50(81)35(25-45(76)77)62-41(71)28-58-49(80)34(24-44(74)75)63-42(72)29-60-53(84)38-19-15-16-22-67(38)55(37)86/h14,21,31-39,47-48,69H,6-13,15-20,22-30H2,1-5H3,(H,57,83)(H,58,80)(H,59,81)(H,60,84)(H,61,70)(H,62,71)(H,63,72)(H,64,82)(H,65,73)(H,66,85)(H,74,75)(H,76,77)(H,78,79)/b21-14+. The third-order valence-electron chi connectivity index (χ3n) is 14.6. The van der Waals surface area contributed by atoms with Gasteiger partial charge in [0, 0.05) is 19.6 Å². The van der Waals surface area contributed by atoms with Crippen molar-refractivity contribution in [2.24, 2.45) is 11.8 Å². The summed E-state index contributed by atoms with van der Waals surface area (Å²) in [4.78, 5) is 202. The number of carbonyl (C=O) groups is 15. The zero-order valence-electron chi connectivity index (χ0n) is 50.1. The number of aliphatic carboxylic acids is 3. The minimum Gasteiger partial charge on any atom is -0.481 e. The molecule has 0 aromatic rings. The minimum atomic E-state index is -1.90. The van der Waals surface area contributed by atoms with Crippen LogP contribution >= 0.6 is 0 Å². The average molecular weight is 1230 g/mol. The van der Waals surface area contributed by atoms with Crippen LogP contribution in [0.5, 0.6) is 0 Å². The van der Waals surface area contributed by atoms with E-state index in [0.29, 0.717) is 25.2 Å². The number of aliphatic hydroxyl groups excluding tert-OH is 1. The van der Waals surface area contributed by atoms with Gasteiger partial charge in [-0.2, -0.15) is 0 Å². The first-order valence-corrected chi connectivity index (χ1v) is 29.6. The van der Waals surface area contributed by atoms with Crippen LogP contribution in [0.4, 0.5) is 0 Å². The molecule has 0 aliphatic carbocycles. The first-order valence-electron chi connectivity index (χ1n) is 29.6. The second kappa shape index (κ2) is 37.3. The summed E-state index contributed by atoms with van der Waals surface area (Å²) in [5.41, 5.74) is 0. The number of aliphatic hydroxyl groups is 1. The van der Waals surface area contributed by atoms with E-state index in [9.17, 15) is 92.3 Å². The number of carboxylic acids is 3. The maximum atomic E-state index is 14.8. The Morgan fingerprint density at radius 1 is 0.563 bits per heavy atom. The fourth-order valence-corrected chi connectivity index (χ4v) is 9.95. The van der Waals surface area contributed by atoms with Gasteiger partial charge < -0.3 is 83.4 Å². The highest BCUT2D eigenvalue weighted by Gasteiger charge is 2.42. The normalized spacial score (nSPS) is 23.9. The van der Waals surface area contributed by atoms with Crippen LogP contribution in [0.15, 0.2) is 12.2 Å². The molecule has 0 aromatic carbocycles. The Morgan fingerprint density at radius 3 is 1.59 bits per heavy atom. The van der Waals surface area contributed by atoms with E-state index in [0.717, 1.165) is 54.9 Å². The van der Waals surface area contributed by atoms with E-state index in [2.05, 4.69) is 67.0 Å². The second-order valence-electron chi connectivity index (χ2n) is 22.7. The van der Waals surface area contributed by atoms with E-state index in [-0.39, 0.29) is 32.4 Å². The third-order valence-corrected chi connectivity index (χ3v) is 14.6. The smallest absolute Gasteiger partial charge is 0.305 e. The zero-order chi connectivity index (χ0) is 64.9. The number of fused-ring (bicyclic) bond motifs is 2. The maximum Gasteiger partial charge on any atom is 0.305 e. The number of piperidine rings is 1. The molecule has 31 heteroatoms. The van der Waals surface area contributed by atoms with E-state index >= 15 is 0 Å². The zero-order valence-corrected chi connectivity index (χ0v) is 50.1. The van der Waals surface area contributed by atoms with Gasteiger partial charge in [-0.3, -0.25) is 71.9 Å². The summed E-state index contributed by atoms with van der Waals surface area (Å²) in [6.45, 7) is 4.84. The van der Waals surface area contributed by atoms with Crippen molar-refractivity contribution in [3.05, 3.63) is 12.2 Å². The molecule has 3 saturated heterocycles. The van der Waals surface area contributed by atoms with Gasteiger partial charge in [-0.05, 0) is 69.8 Å². The Bertz CT molecular complexity index is 2510. The quantitative estimate of drug-likeness (QED) is 0.0378. The molecule has 12 amide bonds. The lowest BCUT2D eigenvalue weighted by molar-refractivity contribution is -0.146. The number of nitrogens with one attached hydrogen (secondary N) is 10. The van der Waals surface area contributed by atoms with E-state index in [1.54, 1.807) is 19.9 Å². The Hall–Kier alpha value is -8.25. The molecule has 0 spiro atoms. The fourth-order valence-electron chi connectivity index (χ4n) is 9.95. The molecule has 3 aliphatic rings. The lowest BCUT2D eigenvalue weighted by Crippen LogP contribution is -2.63. The van der Waals surface area contributed by atoms with Crippen molar-refractivity contribution < 1.29 is 92.3 Å². The summed E-state index contributed by atoms with van der Waals surface area (Å²) >= 11 is 0. The van der Waals surface area contributed by atoms with Gasteiger partial charge in [0.05, 0.1) is 45.0 Å². The van der Waals surface area contributed by atoms with Gasteiger partial charge in [0.2, 0.25) is 70.9 Å². The molecule has 3 rings (SSSR count). The number of hydrogen-bond donors (Lipinski definition) is 14. The number of rotatable bonds is 22. The van der Waals surface area contributed by atoms with Crippen LogP contribution in [0.3, 0.4) is 0 Å². The first kappa shape index (κ1) is 73.0. The molecule has 9 unspecified atom stereocenters. The molecule has 87 heavy (non-hydrogen) atoms. The highest BCUT2D eigenvalue weighted by molar-refractivity contribution is 6.00. The molecule has 9 atom stereocenters. The summed E-state index contributed by atoms with van der Waals surface area (Å²) in [7, 11) is 0. The third kappa shape index (κ3) is 26.1. The van der Waals surface area contributed by atoms with Crippen molar-refractivity contribution in [3.63, 3.8) is 0 Å². The van der Waals surface area contributed by atoms with Crippen molar-refractivity contribution in [2.45, 2.75) is 198 Å². The van der Waals surface area contributed by atoms with E-state index < -0.39 is 195 Å². The number of unbranched alkanes of at least 4 members (excludes halogenated alkanes) is 7. The monoisotopic (exact) mass is 1230 g/mol. The molecule has 0 aromatic heterocycles. The Balaban J connectivity index is 2.00. The minimum absolute atomic E-state index is 0.0198. The highest BCUT2D eigenvalue weighted by Crippen LogP contribution is 2.22. The molecule has 0 saturated carbocycles. The summed E-state index contributed by atoms with van der Waals surface area (Å²) in [6.07, 6.45) is 7.98. The molecule has 31 nitrogen and oxygen atoms in total. The predicted octanol–water partition coefficient (Wildman–Crippen LogP) is -3.07. The van der Waals surface area contributed by atoms with Crippen LogP contribution in [-0.2, 0) is 71.9 Å². The fraction of sp³-hybridized carbons (Fsp3) is 0.696. The first-order chi connectivity index (χ1) is 41.1. The van der Waals surface area contributed by atoms with Crippen molar-refractivity contribution in [1.29, 1.82) is 0 Å². The van der Waals surface area contributed by atoms with Gasteiger partial charge in [0.1, 0.15) is 48.3 Å². The summed E-state index contributed by atoms with van der Waals surface area (Å²) < 4.78 is 0. The van der Waals surface area contributed by atoms with Crippen LogP contribution in [0.1, 0.15) is 144 Å². The van der Waals surface area contributed by atoms with Gasteiger partial charge >= 0.3 is 17.9 Å². The van der Waals surface area contributed by atoms with Gasteiger partial charge in [0.15, 0.2) is 0 Å². The summed E-state index contributed by atoms with van der Waals surface area (Å²) in [6, 6.07) is -13.2. The largest absolute Gasteiger partial charge is 0.481 e. The van der Waals surface area contributed by atoms with Crippen molar-refractivity contribution >= 4 is 88.8 Å². The van der Waals surface area contributed by atoms with Crippen molar-refractivity contribution in [1.82, 2.24) is 63.0 Å². The van der Waals surface area contributed by atoms with Crippen LogP contribution in [0.2, 0.25) is 0 Å². The lowest BCUT2D eigenvalue weighted by Gasteiger charge is -2.37. The van der Waals surface area contributed by atoms with Crippen LogP contribution in [0.25, 0.3) is 0 Å². The molecular formula is C56H88N12O19. The van der Waals surface area contributed by atoms with Gasteiger partial charge in [-0.25, -0.2) is 0 Å². The molecule has 3 heterocycles. The SMILES string of the molecule is CC(C)CCCCCCCCC/C=C/C(=O)NC(CC(=O)O)C(=O)NC1CNC(=O)C2CCCN2C(=O)C(C(C)C)NC(=O)C(C(C)O)NC(=O)CNC(=O)C(CC(=O)O)NC(=O)CNC(=O)C(CC(=O)O)NC(=O)CNC(=O)C2CCCCN2C1=O. The van der Waals surface area contributed by atoms with E-state index in [1.165, 1.54) is 19.3 Å².